The Balaban J connectivity index is 0.000000138. The van der Waals surface area contributed by atoms with Crippen LogP contribution in [0.15, 0.2) is 175 Å². The van der Waals surface area contributed by atoms with Crippen molar-refractivity contribution >= 4 is 22.7 Å². The third-order valence-corrected chi connectivity index (χ3v) is 16.8. The smallest absolute Gasteiger partial charge is 0.217 e. The van der Waals surface area contributed by atoms with Gasteiger partial charge in [-0.2, -0.15) is 5.10 Å². The number of para-hydroxylation sites is 2. The normalized spacial score (nSPS) is 13.6. The molecule has 5 N–H and O–H groups in total. The molecule has 22 nitrogen and oxygen atoms in total. The number of hydrogen-bond donors (Lipinski definition) is 5. The van der Waals surface area contributed by atoms with Gasteiger partial charge in [-0.25, -0.2) is 34.9 Å². The van der Waals surface area contributed by atoms with Crippen LogP contribution in [0.25, 0.3) is 62.3 Å². The van der Waals surface area contributed by atoms with Gasteiger partial charge in [-0.3, -0.25) is 0 Å². The molecule has 0 spiro atoms. The molecule has 10 aromatic heterocycles. The number of anilines is 2. The summed E-state index contributed by atoms with van der Waals surface area (Å²) in [5, 5.41) is 62.7. The summed E-state index contributed by atoms with van der Waals surface area (Å²) >= 11 is 0. The van der Waals surface area contributed by atoms with Crippen molar-refractivity contribution in [2.45, 2.75) is 113 Å². The van der Waals surface area contributed by atoms with Gasteiger partial charge in [0.2, 0.25) is 5.89 Å². The Hall–Kier alpha value is -11.1. The topological polar surface area (TPSA) is 280 Å². The van der Waals surface area contributed by atoms with E-state index in [-0.39, 0.29) is 25.9 Å². The van der Waals surface area contributed by atoms with Crippen molar-refractivity contribution in [2.24, 2.45) is 5.92 Å². The molecule has 3 aromatic carbocycles. The standard InChI is InChI=1S/C25H28N6O.C25H25N5O.C24H23N7O2/c1-17-6-8-20(9-7-17)5-4-12-26-25-18(2)13-22(29-30-25)21-10-11-24(23(15-32)28-21)31-14-19(3)27-16-31;1-16-10-23(21-8-9-25(24(14-31)27-21)30-13-17(2)26-15-30)29-28-22(16)12-19-11-20(19)18-6-4-3-5-7-18;1-14-10-19(17-8-9-21(20(12-32)27-17)31-11-15(2)25-13-31)29-30-23(14)26-16(3)24-28-18-6-4-5-7-22(18)33-24/h6-11,13-14,16,32H,4-5,12,15H2,1-3H3,(H,26,30);3-10,13,15,19-20,31H,11-12,14H2,1-2H3;4-11,13,16,32H,12H2,1-3H3,(H,26,30)/t;19?,20-;/m.0./s1. The van der Waals surface area contributed by atoms with E-state index < -0.39 is 0 Å². The first-order valence-electron chi connectivity index (χ1n) is 32.0. The Kier molecular flexibility index (Phi) is 20.0. The molecule has 13 aromatic rings. The number of nitrogens with one attached hydrogen (secondary N) is 2. The van der Waals surface area contributed by atoms with Gasteiger partial charge >= 0.3 is 0 Å². The number of aliphatic hydroxyl groups is 3. The number of benzene rings is 3. The van der Waals surface area contributed by atoms with Gasteiger partial charge in [-0.15, -0.1) is 25.5 Å². The average molecular weight is 1280 g/mol. The quantitative estimate of drug-likeness (QED) is 0.0443. The molecule has 1 aliphatic carbocycles. The SMILES string of the molecule is Cc1ccc(CCCNc2nnc(-c3ccc(-n4cnc(C)c4)c(CO)n3)cc2C)cc1.Cc1cn(-c2ccc(-c3cc(C)c(CC4C[C@H]4c4ccccc4)nn3)nc2CO)cn1.Cc1cn(-c2ccc(-c3cc(C)c(NC(C)c4nc5ccccc5o4)nn3)nc2CO)cn1. The van der Waals surface area contributed by atoms with E-state index in [0.29, 0.717) is 69.1 Å². The molecule has 3 atom stereocenters. The molecule has 1 aliphatic rings. The zero-order chi connectivity index (χ0) is 66.8. The molecule has 22 heteroatoms. The summed E-state index contributed by atoms with van der Waals surface area (Å²) in [6.45, 7) is 16.2. The summed E-state index contributed by atoms with van der Waals surface area (Å²) in [5.74, 6) is 3.28. The summed E-state index contributed by atoms with van der Waals surface area (Å²) in [6, 6.07) is 44.2. The summed E-state index contributed by atoms with van der Waals surface area (Å²) in [4.78, 5) is 31.1. The highest BCUT2D eigenvalue weighted by molar-refractivity contribution is 5.72. The molecule has 1 fully saturated rings. The lowest BCUT2D eigenvalue weighted by molar-refractivity contribution is 0.276. The fourth-order valence-electron chi connectivity index (χ4n) is 11.4. The van der Waals surface area contributed by atoms with E-state index >= 15 is 0 Å². The zero-order valence-corrected chi connectivity index (χ0v) is 55.0. The van der Waals surface area contributed by atoms with Crippen molar-refractivity contribution < 1.29 is 19.7 Å². The number of aromatic nitrogens is 16. The van der Waals surface area contributed by atoms with Gasteiger partial charge in [0.15, 0.2) is 17.2 Å². The largest absolute Gasteiger partial charge is 0.438 e. The van der Waals surface area contributed by atoms with Crippen LogP contribution in [0.5, 0.6) is 0 Å². The highest BCUT2D eigenvalue weighted by Gasteiger charge is 2.38. The molecule has 0 saturated heterocycles. The number of aryl methyl sites for hydroxylation is 8. The maximum absolute atomic E-state index is 9.86. The van der Waals surface area contributed by atoms with Crippen molar-refractivity contribution in [3.8, 4) is 51.2 Å². The van der Waals surface area contributed by atoms with Crippen LogP contribution in [0.3, 0.4) is 0 Å². The maximum Gasteiger partial charge on any atom is 0.217 e. The number of rotatable bonds is 20. The predicted molar refractivity (Wildman–Crippen MR) is 368 cm³/mol. The first-order valence-corrected chi connectivity index (χ1v) is 32.0. The number of aliphatic hydroxyl groups excluding tert-OH is 3. The minimum absolute atomic E-state index is 0.159. The van der Waals surface area contributed by atoms with Gasteiger partial charge in [-0.05, 0) is 187 Å². The Labute approximate surface area is 556 Å². The molecule has 0 bridgehead atoms. The van der Waals surface area contributed by atoms with E-state index in [1.165, 1.54) is 23.1 Å². The van der Waals surface area contributed by atoms with Gasteiger partial charge in [0.1, 0.15) is 28.6 Å². The minimum atomic E-state index is -0.200. The monoisotopic (exact) mass is 1280 g/mol. The second-order valence-electron chi connectivity index (χ2n) is 24.2. The zero-order valence-electron chi connectivity index (χ0n) is 55.0. The van der Waals surface area contributed by atoms with Crippen molar-refractivity contribution in [3.63, 3.8) is 0 Å². The Morgan fingerprint density at radius 2 is 0.990 bits per heavy atom. The van der Waals surface area contributed by atoms with Crippen LogP contribution >= 0.6 is 0 Å². The first kappa shape index (κ1) is 65.0. The van der Waals surface area contributed by atoms with Crippen molar-refractivity contribution in [1.29, 1.82) is 0 Å². The Morgan fingerprint density at radius 1 is 0.500 bits per heavy atom. The van der Waals surface area contributed by atoms with Crippen LogP contribution in [-0.2, 0) is 32.7 Å². The van der Waals surface area contributed by atoms with Gasteiger partial charge in [0.05, 0.1) is 113 Å². The summed E-state index contributed by atoms with van der Waals surface area (Å²) < 4.78 is 11.4. The van der Waals surface area contributed by atoms with E-state index in [1.807, 2.05) is 153 Å². The number of fused-ring (bicyclic) bond motifs is 1. The molecule has 10 heterocycles. The summed E-state index contributed by atoms with van der Waals surface area (Å²) in [7, 11) is 0. The molecule has 0 amide bonds. The Bertz CT molecular complexity index is 4780. The van der Waals surface area contributed by atoms with Crippen LogP contribution in [0.2, 0.25) is 0 Å². The lowest BCUT2D eigenvalue weighted by atomic mass is 10.0. The third kappa shape index (κ3) is 15.4. The van der Waals surface area contributed by atoms with Gasteiger partial charge in [0.25, 0.3) is 0 Å². The molecule has 1 saturated carbocycles. The summed E-state index contributed by atoms with van der Waals surface area (Å²) in [6.07, 6.45) is 15.0. The lowest BCUT2D eigenvalue weighted by Gasteiger charge is -2.14. The Morgan fingerprint density at radius 3 is 1.47 bits per heavy atom. The van der Waals surface area contributed by atoms with E-state index in [2.05, 4.69) is 145 Å². The lowest BCUT2D eigenvalue weighted by Crippen LogP contribution is -2.10. The molecule has 0 radical (unpaired) electrons. The fraction of sp³-hybridized carbons (Fsp3) is 0.257. The molecule has 2 unspecified atom stereocenters. The predicted octanol–water partition coefficient (Wildman–Crippen LogP) is 12.5. The van der Waals surface area contributed by atoms with Crippen molar-refractivity contribution in [2.75, 3.05) is 17.2 Å². The molecule has 96 heavy (non-hydrogen) atoms. The first-order chi connectivity index (χ1) is 46.7. The van der Waals surface area contributed by atoms with E-state index in [0.717, 1.165) is 105 Å². The average Bonchev–Trinajstić information content (AvgIpc) is 1.45. The van der Waals surface area contributed by atoms with Crippen molar-refractivity contribution in [1.82, 2.24) is 79.2 Å². The number of pyridine rings is 3. The highest BCUT2D eigenvalue weighted by Crippen LogP contribution is 2.49. The van der Waals surface area contributed by atoms with Gasteiger partial charge in [-0.1, -0.05) is 72.3 Å². The minimum Gasteiger partial charge on any atom is -0.438 e. The number of nitrogens with zero attached hydrogens (tertiary/aromatic N) is 16. The second kappa shape index (κ2) is 29.5. The van der Waals surface area contributed by atoms with Crippen molar-refractivity contribution in [3.05, 3.63) is 250 Å². The van der Waals surface area contributed by atoms with Crippen LogP contribution in [0.4, 0.5) is 11.6 Å². The fourth-order valence-corrected chi connectivity index (χ4v) is 11.4. The van der Waals surface area contributed by atoms with Gasteiger partial charge in [0, 0.05) is 25.1 Å². The molecular formula is C74H76N18O4. The maximum atomic E-state index is 9.86. The van der Waals surface area contributed by atoms with Crippen LogP contribution in [0, 0.1) is 54.4 Å². The van der Waals surface area contributed by atoms with E-state index in [9.17, 15) is 15.3 Å². The van der Waals surface area contributed by atoms with E-state index in [1.54, 1.807) is 19.0 Å². The third-order valence-electron chi connectivity index (χ3n) is 16.8. The van der Waals surface area contributed by atoms with Crippen LogP contribution in [-0.4, -0.2) is 101 Å². The van der Waals surface area contributed by atoms with Crippen LogP contribution in [0.1, 0.15) is 111 Å². The molecule has 14 rings (SSSR count). The van der Waals surface area contributed by atoms with E-state index in [4.69, 9.17) is 4.42 Å². The summed E-state index contributed by atoms with van der Waals surface area (Å²) in [5.41, 5.74) is 20.5. The number of oxazole rings is 1. The number of hydrogen-bond acceptors (Lipinski definition) is 19. The molecular weight excluding hydrogens is 1200 g/mol. The molecule has 486 valence electrons. The second-order valence-corrected chi connectivity index (χ2v) is 24.2. The van der Waals surface area contributed by atoms with Gasteiger partial charge < -0.3 is 44.1 Å². The highest BCUT2D eigenvalue weighted by atomic mass is 16.3. The number of imidazole rings is 3. The van der Waals surface area contributed by atoms with Crippen LogP contribution < -0.4 is 10.6 Å². The molecule has 0 aliphatic heterocycles.